The summed E-state index contributed by atoms with van der Waals surface area (Å²) in [7, 11) is 0. The van der Waals surface area contributed by atoms with Crippen LogP contribution >= 0.6 is 23.3 Å². The molecule has 4 aromatic carbocycles. The molecule has 5 aromatic rings. The fraction of sp³-hybridized carbons (Fsp3) is 0.0286. The van der Waals surface area contributed by atoms with Crippen LogP contribution in [0.2, 0.25) is 0 Å². The number of nitrogens with one attached hydrogen (secondary N) is 2. The third-order valence-electron chi connectivity index (χ3n) is 8.45. The summed E-state index contributed by atoms with van der Waals surface area (Å²) in [5.74, 6) is -1.17. The SMILES string of the molecule is O=C1c2ccccc2C(=O)c2c3c(cc(NC(=O)c4ccc5c6c(nsc46)-c4ccccc4C5=O)c21)SC1C=CC=CC1=[NH+]3. The average molecular weight is 609 g/mol. The Hall–Kier alpha value is -5.25. The number of ketones is 3. The number of allylic oxidation sites excluding steroid dienone is 3. The van der Waals surface area contributed by atoms with Gasteiger partial charge in [0.1, 0.15) is 10.8 Å². The maximum Gasteiger partial charge on any atom is 0.257 e. The molecule has 9 heteroatoms. The maximum atomic E-state index is 14.0. The summed E-state index contributed by atoms with van der Waals surface area (Å²) in [6, 6.07) is 19.2. The second kappa shape index (κ2) is 9.12. The Balaban J connectivity index is 1.21. The van der Waals surface area contributed by atoms with Gasteiger partial charge in [0.25, 0.3) is 5.91 Å². The van der Waals surface area contributed by atoms with Gasteiger partial charge >= 0.3 is 0 Å². The van der Waals surface area contributed by atoms with Gasteiger partial charge in [0.05, 0.1) is 32.1 Å². The van der Waals surface area contributed by atoms with Crippen LogP contribution in [-0.4, -0.2) is 38.6 Å². The molecule has 0 saturated carbocycles. The first kappa shape index (κ1) is 25.3. The highest BCUT2D eigenvalue weighted by atomic mass is 32.2. The molecule has 0 radical (unpaired) electrons. The monoisotopic (exact) mass is 608 g/mol. The summed E-state index contributed by atoms with van der Waals surface area (Å²) in [6.45, 7) is 0. The summed E-state index contributed by atoms with van der Waals surface area (Å²) >= 11 is 2.71. The van der Waals surface area contributed by atoms with Gasteiger partial charge in [0, 0.05) is 39.3 Å². The summed E-state index contributed by atoms with van der Waals surface area (Å²) in [6.07, 6.45) is 7.91. The van der Waals surface area contributed by atoms with Crippen LogP contribution in [0.25, 0.3) is 21.3 Å². The highest BCUT2D eigenvalue weighted by Gasteiger charge is 2.41. The van der Waals surface area contributed by atoms with Crippen molar-refractivity contribution < 1.29 is 24.2 Å². The zero-order valence-corrected chi connectivity index (χ0v) is 24.3. The molecule has 7 nitrogen and oxygen atoms in total. The molecule has 9 rings (SSSR count). The van der Waals surface area contributed by atoms with Crippen LogP contribution in [0.4, 0.5) is 11.4 Å². The molecular weight excluding hydrogens is 591 g/mol. The van der Waals surface area contributed by atoms with E-state index in [9.17, 15) is 19.2 Å². The quantitative estimate of drug-likeness (QED) is 0.276. The van der Waals surface area contributed by atoms with Gasteiger partial charge in [0.2, 0.25) is 11.5 Å². The van der Waals surface area contributed by atoms with Crippen molar-refractivity contribution in [2.45, 2.75) is 10.1 Å². The molecule has 1 amide bonds. The van der Waals surface area contributed by atoms with Crippen LogP contribution in [0, 0.1) is 0 Å². The second-order valence-corrected chi connectivity index (χ2v) is 12.8. The van der Waals surface area contributed by atoms with Crippen molar-refractivity contribution in [2.75, 3.05) is 5.32 Å². The number of thioether (sulfide) groups is 1. The molecule has 1 aliphatic heterocycles. The Morgan fingerprint density at radius 3 is 2.27 bits per heavy atom. The molecule has 0 bridgehead atoms. The highest BCUT2D eigenvalue weighted by molar-refractivity contribution is 8.01. The minimum absolute atomic E-state index is 0.00419. The molecule has 1 atom stereocenters. The van der Waals surface area contributed by atoms with Gasteiger partial charge in [0.15, 0.2) is 17.3 Å². The Kier molecular flexibility index (Phi) is 5.24. The number of aromatic nitrogens is 1. The van der Waals surface area contributed by atoms with Crippen molar-refractivity contribution in [3.8, 4) is 11.3 Å². The number of carbonyl (C=O) groups excluding carboxylic acids is 4. The van der Waals surface area contributed by atoms with Gasteiger partial charge in [-0.3, -0.25) is 19.2 Å². The number of benzene rings is 4. The summed E-state index contributed by atoms with van der Waals surface area (Å²) in [5, 5.41) is 3.64. The molecule has 1 aromatic heterocycles. The molecule has 44 heavy (non-hydrogen) atoms. The van der Waals surface area contributed by atoms with Crippen molar-refractivity contribution >= 4 is 73.7 Å². The molecule has 0 spiro atoms. The summed E-state index contributed by atoms with van der Waals surface area (Å²) in [5.41, 5.74) is 5.65. The van der Waals surface area contributed by atoms with Crippen LogP contribution in [0.3, 0.4) is 0 Å². The van der Waals surface area contributed by atoms with Crippen LogP contribution in [0.1, 0.15) is 58.1 Å². The molecule has 2 heterocycles. The third kappa shape index (κ3) is 3.39. The van der Waals surface area contributed by atoms with E-state index in [1.165, 1.54) is 0 Å². The van der Waals surface area contributed by atoms with Crippen molar-refractivity contribution in [1.29, 1.82) is 0 Å². The number of nitrogens with zero attached hydrogens (tertiary/aromatic N) is 1. The number of carbonyl (C=O) groups is 4. The predicted octanol–water partition coefficient (Wildman–Crippen LogP) is 5.29. The number of hydrogen-bond donors (Lipinski definition) is 2. The smallest absolute Gasteiger partial charge is 0.257 e. The van der Waals surface area contributed by atoms with Gasteiger partial charge in [-0.2, -0.15) is 4.37 Å². The normalized spacial score (nSPS) is 17.0. The van der Waals surface area contributed by atoms with Crippen LogP contribution in [0.5, 0.6) is 0 Å². The average Bonchev–Trinajstić information content (AvgIpc) is 3.50. The summed E-state index contributed by atoms with van der Waals surface area (Å²) < 4.78 is 5.24. The lowest BCUT2D eigenvalue weighted by atomic mass is 9.82. The van der Waals surface area contributed by atoms with Crippen LogP contribution in [0.15, 0.2) is 95.9 Å². The Bertz CT molecular complexity index is 2330. The van der Waals surface area contributed by atoms with E-state index in [2.05, 4.69) is 20.8 Å². The van der Waals surface area contributed by atoms with Gasteiger partial charge in [-0.15, -0.1) is 11.8 Å². The zero-order valence-electron chi connectivity index (χ0n) is 22.6. The molecule has 2 N–H and O–H groups in total. The standard InChI is InChI=1S/C35H17N3O4S2/c39-31-17-8-2-1-7-16(17)29-26-20(31)13-14-21(34(26)44-38-29)35(42)37-23-15-25-30(36-22-11-5-6-12-24(22)43-25)28-27(23)32(40)18-9-3-4-10-19(18)33(28)41/h1-15,24H,(H,37,42)/p+1. The van der Waals surface area contributed by atoms with Crippen molar-refractivity contribution in [3.05, 3.63) is 130 Å². The first-order valence-corrected chi connectivity index (χ1v) is 15.6. The number of rotatable bonds is 2. The van der Waals surface area contributed by atoms with E-state index in [0.29, 0.717) is 49.3 Å². The van der Waals surface area contributed by atoms with E-state index < -0.39 is 5.91 Å². The van der Waals surface area contributed by atoms with E-state index in [-0.39, 0.29) is 39.4 Å². The topological polar surface area (TPSA) is 107 Å². The Morgan fingerprint density at radius 2 is 1.50 bits per heavy atom. The number of amides is 1. The molecular formula is C35H18N3O4S2+. The van der Waals surface area contributed by atoms with Crippen LogP contribution < -0.4 is 10.3 Å². The van der Waals surface area contributed by atoms with Crippen molar-refractivity contribution in [1.82, 2.24) is 4.37 Å². The van der Waals surface area contributed by atoms with Gasteiger partial charge in [-0.1, -0.05) is 66.8 Å². The van der Waals surface area contributed by atoms with Gasteiger partial charge in [-0.25, -0.2) is 4.99 Å². The fourth-order valence-electron chi connectivity index (χ4n) is 6.43. The largest absolute Gasteiger partial charge is 0.321 e. The van der Waals surface area contributed by atoms with E-state index in [1.54, 1.807) is 60.3 Å². The molecule has 3 aliphatic carbocycles. The second-order valence-electron chi connectivity index (χ2n) is 10.8. The lowest BCUT2D eigenvalue weighted by Crippen LogP contribution is -2.71. The van der Waals surface area contributed by atoms with E-state index >= 15 is 0 Å². The lowest BCUT2D eigenvalue weighted by Gasteiger charge is -2.25. The van der Waals surface area contributed by atoms with Crippen molar-refractivity contribution in [2.24, 2.45) is 0 Å². The molecule has 1 unspecified atom stereocenters. The minimum Gasteiger partial charge on any atom is -0.321 e. The van der Waals surface area contributed by atoms with E-state index in [4.69, 9.17) is 0 Å². The molecule has 0 fully saturated rings. The number of anilines is 1. The third-order valence-corrected chi connectivity index (χ3v) is 10.6. The van der Waals surface area contributed by atoms with E-state index in [0.717, 1.165) is 27.7 Å². The first-order chi connectivity index (χ1) is 21.5. The maximum absolute atomic E-state index is 14.0. The number of hydrogen-bond acceptors (Lipinski definition) is 7. The minimum atomic E-state index is -0.458. The van der Waals surface area contributed by atoms with Gasteiger partial charge < -0.3 is 5.32 Å². The highest BCUT2D eigenvalue weighted by Crippen LogP contribution is 2.45. The fourth-order valence-corrected chi connectivity index (χ4v) is 8.52. The predicted molar refractivity (Wildman–Crippen MR) is 170 cm³/mol. The van der Waals surface area contributed by atoms with Crippen LogP contribution in [-0.2, 0) is 0 Å². The Labute approximate surface area is 258 Å². The van der Waals surface area contributed by atoms with E-state index in [1.807, 2.05) is 36.4 Å². The first-order valence-electron chi connectivity index (χ1n) is 13.9. The van der Waals surface area contributed by atoms with Crippen molar-refractivity contribution in [3.63, 3.8) is 0 Å². The lowest BCUT2D eigenvalue weighted by molar-refractivity contribution is -0.358. The molecule has 208 valence electrons. The summed E-state index contributed by atoms with van der Waals surface area (Å²) in [4.78, 5) is 59.5. The Morgan fingerprint density at radius 1 is 0.795 bits per heavy atom. The molecule has 4 aliphatic rings. The van der Waals surface area contributed by atoms with Gasteiger partial charge in [-0.05, 0) is 29.7 Å². The zero-order chi connectivity index (χ0) is 29.7. The molecule has 0 saturated heterocycles. The number of fused-ring (bicyclic) bond motifs is 7.